The minimum absolute atomic E-state index is 0.00670. The Bertz CT molecular complexity index is 1500. The van der Waals surface area contributed by atoms with Crippen molar-refractivity contribution in [1.29, 1.82) is 5.26 Å². The molecule has 2 fully saturated rings. The Morgan fingerprint density at radius 3 is 2.67 bits per heavy atom. The van der Waals surface area contributed by atoms with Gasteiger partial charge in [0.2, 0.25) is 17.5 Å². The molecular weight excluding hydrogens is 525 g/mol. The fraction of sp³-hybridized carbons (Fsp3) is 0.296. The molecule has 4 aromatic rings. The van der Waals surface area contributed by atoms with Crippen LogP contribution in [0.1, 0.15) is 11.5 Å². The molecule has 198 valence electrons. The zero-order valence-corrected chi connectivity index (χ0v) is 21.4. The summed E-state index contributed by atoms with van der Waals surface area (Å²) in [6, 6.07) is 16.3. The van der Waals surface area contributed by atoms with E-state index < -0.39 is 5.82 Å². The molecule has 2 aliphatic heterocycles. The van der Waals surface area contributed by atoms with E-state index >= 15 is 4.39 Å². The second-order valence-electron chi connectivity index (χ2n) is 9.48. The molecule has 0 amide bonds. The minimum atomic E-state index is -0.723. The number of anilines is 2. The summed E-state index contributed by atoms with van der Waals surface area (Å²) in [5.41, 5.74) is 1.70. The topological polar surface area (TPSA) is 122 Å². The number of nitrogens with zero attached hydrogens (tertiary/aromatic N) is 6. The second kappa shape index (κ2) is 10.9. The Hall–Kier alpha value is -4.11. The van der Waals surface area contributed by atoms with Crippen molar-refractivity contribution < 1.29 is 18.4 Å². The van der Waals surface area contributed by atoms with Gasteiger partial charge < -0.3 is 19.3 Å². The number of fused-ring (bicyclic) bond motifs is 2. The first kappa shape index (κ1) is 25.2. The van der Waals surface area contributed by atoms with Gasteiger partial charge in [0.25, 0.3) is 5.88 Å². The fourth-order valence-corrected chi connectivity index (χ4v) is 5.23. The van der Waals surface area contributed by atoms with Gasteiger partial charge in [0.05, 0.1) is 42.1 Å². The van der Waals surface area contributed by atoms with E-state index in [1.54, 1.807) is 12.1 Å². The maximum absolute atomic E-state index is 15.4. The van der Waals surface area contributed by atoms with Gasteiger partial charge in [-0.2, -0.15) is 19.6 Å². The van der Waals surface area contributed by atoms with E-state index in [2.05, 4.69) is 30.3 Å². The third-order valence-corrected chi connectivity index (χ3v) is 7.11. The van der Waals surface area contributed by atoms with Gasteiger partial charge >= 0.3 is 0 Å². The summed E-state index contributed by atoms with van der Waals surface area (Å²) in [6.07, 6.45) is 0.952. The molecular formula is C27H23ClFN7O3. The maximum Gasteiger partial charge on any atom is 0.256 e. The Labute approximate surface area is 228 Å². The second-order valence-corrected chi connectivity index (χ2v) is 9.89. The van der Waals surface area contributed by atoms with Crippen molar-refractivity contribution in [3.05, 3.63) is 77.2 Å². The van der Waals surface area contributed by atoms with Crippen LogP contribution in [-0.4, -0.2) is 57.4 Å². The normalized spacial score (nSPS) is 20.8. The number of halogens is 2. The quantitative estimate of drug-likeness (QED) is 0.355. The summed E-state index contributed by atoms with van der Waals surface area (Å²) in [5, 5.41) is 16.3. The lowest BCUT2D eigenvalue weighted by Gasteiger charge is -2.46. The first-order valence-corrected chi connectivity index (χ1v) is 12.8. The van der Waals surface area contributed by atoms with Crippen LogP contribution in [0.15, 0.2) is 59.4 Å². The molecule has 2 aliphatic rings. The molecule has 0 spiro atoms. The Kier molecular flexibility index (Phi) is 7.06. The molecule has 6 rings (SSSR count). The average Bonchev–Trinajstić information content (AvgIpc) is 3.41. The van der Waals surface area contributed by atoms with Crippen molar-refractivity contribution in [1.82, 2.24) is 25.0 Å². The highest BCUT2D eigenvalue weighted by Gasteiger charge is 2.43. The molecule has 12 heteroatoms. The number of nitrogens with one attached hydrogen (secondary N) is 1. The van der Waals surface area contributed by atoms with Crippen molar-refractivity contribution in [3.8, 4) is 23.3 Å². The molecule has 1 N–H and O–H groups in total. The van der Waals surface area contributed by atoms with Gasteiger partial charge in [0, 0.05) is 30.5 Å². The minimum Gasteiger partial charge on any atom is -0.471 e. The van der Waals surface area contributed by atoms with E-state index in [9.17, 15) is 0 Å². The predicted molar refractivity (Wildman–Crippen MR) is 139 cm³/mol. The van der Waals surface area contributed by atoms with Gasteiger partial charge in [-0.3, -0.25) is 4.90 Å². The van der Waals surface area contributed by atoms with E-state index in [4.69, 9.17) is 30.9 Å². The van der Waals surface area contributed by atoms with E-state index in [0.717, 1.165) is 5.56 Å². The molecule has 0 aliphatic carbocycles. The Morgan fingerprint density at radius 1 is 1.13 bits per heavy atom. The first-order chi connectivity index (χ1) is 19.1. The number of benzene rings is 2. The lowest BCUT2D eigenvalue weighted by Crippen LogP contribution is -2.57. The maximum atomic E-state index is 15.4. The van der Waals surface area contributed by atoms with Gasteiger partial charge in [0.1, 0.15) is 12.4 Å². The molecule has 2 atom stereocenters. The largest absolute Gasteiger partial charge is 0.471 e. The highest BCUT2D eigenvalue weighted by Crippen LogP contribution is 2.34. The number of nitriles is 1. The molecule has 2 aromatic heterocycles. The van der Waals surface area contributed by atoms with Crippen LogP contribution in [0.3, 0.4) is 0 Å². The number of ether oxygens (including phenoxy) is 2. The van der Waals surface area contributed by atoms with Gasteiger partial charge in [-0.1, -0.05) is 47.1 Å². The molecule has 10 nitrogen and oxygen atoms in total. The molecule has 39 heavy (non-hydrogen) atoms. The molecule has 2 bridgehead atoms. The van der Waals surface area contributed by atoms with Crippen LogP contribution in [0.5, 0.6) is 5.88 Å². The molecule has 0 radical (unpaired) electrons. The molecule has 2 unspecified atom stereocenters. The van der Waals surface area contributed by atoms with Crippen LogP contribution in [0.2, 0.25) is 5.02 Å². The third kappa shape index (κ3) is 5.40. The zero-order valence-electron chi connectivity index (χ0n) is 20.6. The lowest BCUT2D eigenvalue weighted by molar-refractivity contribution is -0.118. The van der Waals surface area contributed by atoms with Crippen molar-refractivity contribution in [3.63, 3.8) is 0 Å². The highest BCUT2D eigenvalue weighted by molar-refractivity contribution is 6.33. The van der Waals surface area contributed by atoms with E-state index in [-0.39, 0.29) is 34.7 Å². The van der Waals surface area contributed by atoms with E-state index in [1.165, 1.54) is 12.4 Å². The number of piperidine rings is 1. The van der Waals surface area contributed by atoms with Crippen LogP contribution in [0.25, 0.3) is 11.4 Å². The van der Waals surface area contributed by atoms with Gasteiger partial charge in [-0.15, -0.1) is 0 Å². The Balaban J connectivity index is 1.14. The van der Waals surface area contributed by atoms with Crippen LogP contribution in [0, 0.1) is 29.0 Å². The van der Waals surface area contributed by atoms with Gasteiger partial charge in [-0.25, -0.2) is 4.98 Å². The van der Waals surface area contributed by atoms with Crippen LogP contribution in [0.4, 0.5) is 15.9 Å². The van der Waals surface area contributed by atoms with Crippen LogP contribution >= 0.6 is 11.6 Å². The van der Waals surface area contributed by atoms with Crippen molar-refractivity contribution in [2.24, 2.45) is 11.8 Å². The molecule has 2 aromatic carbocycles. The Morgan fingerprint density at radius 2 is 1.92 bits per heavy atom. The zero-order chi connectivity index (χ0) is 26.8. The third-order valence-electron chi connectivity index (χ3n) is 6.79. The smallest absolute Gasteiger partial charge is 0.256 e. The number of rotatable bonds is 7. The number of hydrogen-bond donors (Lipinski definition) is 1. The van der Waals surface area contributed by atoms with Gasteiger partial charge in [-0.05, 0) is 18.2 Å². The monoisotopic (exact) mass is 547 g/mol. The van der Waals surface area contributed by atoms with Crippen LogP contribution < -0.4 is 10.1 Å². The van der Waals surface area contributed by atoms with Gasteiger partial charge in [0.15, 0.2) is 5.82 Å². The average molecular weight is 548 g/mol. The van der Waals surface area contributed by atoms with Crippen molar-refractivity contribution >= 4 is 23.1 Å². The summed E-state index contributed by atoms with van der Waals surface area (Å²) in [4.78, 5) is 14.8. The summed E-state index contributed by atoms with van der Waals surface area (Å²) < 4.78 is 32.9. The fourth-order valence-electron chi connectivity index (χ4n) is 5.00. The van der Waals surface area contributed by atoms with E-state index in [0.29, 0.717) is 55.8 Å². The number of aromatic nitrogens is 4. The number of hydrogen-bond acceptors (Lipinski definition) is 10. The summed E-state index contributed by atoms with van der Waals surface area (Å²) in [5.74, 6) is 0.136. The summed E-state index contributed by atoms with van der Waals surface area (Å²) in [7, 11) is 0. The standard InChI is InChI=1S/C27H23ClFN7O3/c28-20-8-16(9-30)6-7-21(20)33-26-23(29)27(32-15-31-26)38-24-18-10-36(11-19(24)14-37-13-18)12-22-34-25(35-39-22)17-4-2-1-3-5-17/h1-8,15,18-19,24H,10-14H2,(H,31,32,33). The number of likely N-dealkylation sites (tertiary alicyclic amines) is 1. The lowest BCUT2D eigenvalue weighted by atomic mass is 9.84. The molecule has 2 saturated heterocycles. The van der Waals surface area contributed by atoms with E-state index in [1.807, 2.05) is 36.4 Å². The highest BCUT2D eigenvalue weighted by atomic mass is 35.5. The predicted octanol–water partition coefficient (Wildman–Crippen LogP) is 4.46. The molecule has 4 heterocycles. The first-order valence-electron chi connectivity index (χ1n) is 12.4. The van der Waals surface area contributed by atoms with Crippen LogP contribution in [-0.2, 0) is 11.3 Å². The summed E-state index contributed by atoms with van der Waals surface area (Å²) in [6.45, 7) is 2.78. The summed E-state index contributed by atoms with van der Waals surface area (Å²) >= 11 is 6.23. The van der Waals surface area contributed by atoms with Crippen molar-refractivity contribution in [2.45, 2.75) is 12.6 Å². The van der Waals surface area contributed by atoms with Crippen molar-refractivity contribution in [2.75, 3.05) is 31.6 Å². The molecule has 0 saturated carbocycles. The SMILES string of the molecule is N#Cc1ccc(Nc2ncnc(OC3C4COCC3CN(Cc3nc(-c5ccccc5)no3)C4)c2F)c(Cl)c1.